The van der Waals surface area contributed by atoms with Crippen molar-refractivity contribution in [2.75, 3.05) is 6.61 Å². The highest BCUT2D eigenvalue weighted by molar-refractivity contribution is 6.04. The van der Waals surface area contributed by atoms with Crippen molar-refractivity contribution < 1.29 is 14.3 Å². The molecule has 0 aliphatic heterocycles. The van der Waals surface area contributed by atoms with Gasteiger partial charge in [-0.15, -0.1) is 0 Å². The van der Waals surface area contributed by atoms with Crippen molar-refractivity contribution in [2.45, 2.75) is 12.8 Å². The maximum Gasteiger partial charge on any atom is 0.310 e. The van der Waals surface area contributed by atoms with Gasteiger partial charge < -0.3 is 4.74 Å². The van der Waals surface area contributed by atoms with E-state index in [-0.39, 0.29) is 29.5 Å². The van der Waals surface area contributed by atoms with Gasteiger partial charge in [0.25, 0.3) is 0 Å². The molecule has 2 aromatic rings. The minimum absolute atomic E-state index is 0.0208. The van der Waals surface area contributed by atoms with Gasteiger partial charge in [-0.3, -0.25) is 9.59 Å². The molecular formula is C19H18O3. The van der Waals surface area contributed by atoms with Crippen molar-refractivity contribution in [2.24, 2.45) is 11.8 Å². The molecule has 22 heavy (non-hydrogen) atoms. The van der Waals surface area contributed by atoms with Crippen molar-refractivity contribution in [3.8, 4) is 0 Å². The predicted octanol–water partition coefficient (Wildman–Crippen LogP) is 3.46. The third kappa shape index (κ3) is 2.67. The molecule has 0 spiro atoms. The molecule has 1 aliphatic carbocycles. The molecule has 0 heterocycles. The van der Waals surface area contributed by atoms with Gasteiger partial charge in [-0.2, -0.15) is 0 Å². The summed E-state index contributed by atoms with van der Waals surface area (Å²) >= 11 is 0. The second-order valence-electron chi connectivity index (χ2n) is 5.47. The number of hydrogen-bond donors (Lipinski definition) is 0. The number of ketones is 1. The molecule has 0 saturated heterocycles. The summed E-state index contributed by atoms with van der Waals surface area (Å²) in [6.07, 6.45) is 0. The highest BCUT2D eigenvalue weighted by Gasteiger charge is 2.60. The normalized spacial score (nSPS) is 22.9. The largest absolute Gasteiger partial charge is 0.466 e. The Morgan fingerprint density at radius 2 is 1.50 bits per heavy atom. The SMILES string of the molecule is CCOC(=O)C1C(C(=O)c2ccccc2)C1c1ccccc1. The van der Waals surface area contributed by atoms with Crippen LogP contribution >= 0.6 is 0 Å². The smallest absolute Gasteiger partial charge is 0.310 e. The lowest BCUT2D eigenvalue weighted by molar-refractivity contribution is -0.145. The third-order valence-electron chi connectivity index (χ3n) is 4.12. The van der Waals surface area contributed by atoms with Crippen LogP contribution in [0.3, 0.4) is 0 Å². The number of rotatable bonds is 5. The van der Waals surface area contributed by atoms with Crippen LogP contribution < -0.4 is 0 Å². The lowest BCUT2D eigenvalue weighted by Gasteiger charge is -2.00. The second kappa shape index (κ2) is 6.14. The van der Waals surface area contributed by atoms with Crippen molar-refractivity contribution in [3.63, 3.8) is 0 Å². The summed E-state index contributed by atoms with van der Waals surface area (Å²) in [6.45, 7) is 2.12. The fourth-order valence-corrected chi connectivity index (χ4v) is 3.05. The zero-order chi connectivity index (χ0) is 15.5. The number of benzene rings is 2. The Labute approximate surface area is 129 Å². The van der Waals surface area contributed by atoms with Crippen LogP contribution in [0.4, 0.5) is 0 Å². The molecule has 3 atom stereocenters. The summed E-state index contributed by atoms with van der Waals surface area (Å²) in [7, 11) is 0. The molecule has 1 saturated carbocycles. The summed E-state index contributed by atoms with van der Waals surface area (Å²) < 4.78 is 5.14. The van der Waals surface area contributed by atoms with Gasteiger partial charge in [-0.25, -0.2) is 0 Å². The van der Waals surface area contributed by atoms with Gasteiger partial charge in [0, 0.05) is 17.4 Å². The maximum atomic E-state index is 12.7. The lowest BCUT2D eigenvalue weighted by Crippen LogP contribution is -2.11. The van der Waals surface area contributed by atoms with Crippen LogP contribution in [-0.4, -0.2) is 18.4 Å². The molecule has 3 unspecified atom stereocenters. The van der Waals surface area contributed by atoms with Crippen LogP contribution in [0.1, 0.15) is 28.8 Å². The van der Waals surface area contributed by atoms with E-state index >= 15 is 0 Å². The summed E-state index contributed by atoms with van der Waals surface area (Å²) in [5, 5.41) is 0. The Morgan fingerprint density at radius 1 is 0.909 bits per heavy atom. The molecule has 0 aromatic heterocycles. The Hall–Kier alpha value is -2.42. The van der Waals surface area contributed by atoms with E-state index < -0.39 is 0 Å². The first-order chi connectivity index (χ1) is 10.7. The monoisotopic (exact) mass is 294 g/mol. The minimum Gasteiger partial charge on any atom is -0.466 e. The van der Waals surface area contributed by atoms with Gasteiger partial charge in [0.1, 0.15) is 0 Å². The zero-order valence-electron chi connectivity index (χ0n) is 12.4. The van der Waals surface area contributed by atoms with Gasteiger partial charge in [0.05, 0.1) is 12.5 Å². The average molecular weight is 294 g/mol. The topological polar surface area (TPSA) is 43.4 Å². The van der Waals surface area contributed by atoms with Gasteiger partial charge in [0.2, 0.25) is 0 Å². The number of hydrogen-bond acceptors (Lipinski definition) is 3. The lowest BCUT2D eigenvalue weighted by atomic mass is 10.0. The van der Waals surface area contributed by atoms with Crippen molar-refractivity contribution in [3.05, 3.63) is 71.8 Å². The van der Waals surface area contributed by atoms with E-state index in [4.69, 9.17) is 4.74 Å². The van der Waals surface area contributed by atoms with Crippen molar-refractivity contribution >= 4 is 11.8 Å². The Balaban J connectivity index is 1.87. The molecule has 3 rings (SSSR count). The summed E-state index contributed by atoms with van der Waals surface area (Å²) in [6, 6.07) is 18.9. The first kappa shape index (κ1) is 14.5. The number of Topliss-reactive ketones (excluding diaryl/α,β-unsaturated/α-hetero) is 1. The Bertz CT molecular complexity index is 664. The molecule has 3 heteroatoms. The van der Waals surface area contributed by atoms with E-state index in [0.29, 0.717) is 12.2 Å². The average Bonchev–Trinajstić information content (AvgIpc) is 3.32. The third-order valence-corrected chi connectivity index (χ3v) is 4.12. The van der Waals surface area contributed by atoms with Crippen LogP contribution in [0.15, 0.2) is 60.7 Å². The van der Waals surface area contributed by atoms with Crippen LogP contribution in [0.2, 0.25) is 0 Å². The molecule has 0 bridgehead atoms. The van der Waals surface area contributed by atoms with Gasteiger partial charge in [0.15, 0.2) is 5.78 Å². The molecule has 112 valence electrons. The maximum absolute atomic E-state index is 12.7. The molecule has 0 N–H and O–H groups in total. The van der Waals surface area contributed by atoms with Crippen LogP contribution in [0, 0.1) is 11.8 Å². The van der Waals surface area contributed by atoms with E-state index in [9.17, 15) is 9.59 Å². The number of esters is 1. The highest BCUT2D eigenvalue weighted by Crippen LogP contribution is 2.56. The van der Waals surface area contributed by atoms with Crippen molar-refractivity contribution in [1.29, 1.82) is 0 Å². The molecular weight excluding hydrogens is 276 g/mol. The van der Waals surface area contributed by atoms with E-state index in [1.165, 1.54) is 0 Å². The van der Waals surface area contributed by atoms with Gasteiger partial charge in [-0.1, -0.05) is 60.7 Å². The standard InChI is InChI=1S/C19H18O3/c1-2-22-19(21)17-15(13-9-5-3-6-10-13)16(17)18(20)14-11-7-4-8-12-14/h3-12,15-17H,2H2,1H3. The van der Waals surface area contributed by atoms with Crippen molar-refractivity contribution in [1.82, 2.24) is 0 Å². The first-order valence-corrected chi connectivity index (χ1v) is 7.55. The second-order valence-corrected chi connectivity index (χ2v) is 5.47. The molecule has 1 fully saturated rings. The molecule has 2 aromatic carbocycles. The van der Waals surface area contributed by atoms with E-state index in [1.54, 1.807) is 19.1 Å². The Kier molecular flexibility index (Phi) is 4.05. The summed E-state index contributed by atoms with van der Waals surface area (Å²) in [4.78, 5) is 24.9. The summed E-state index contributed by atoms with van der Waals surface area (Å²) in [5.41, 5.74) is 1.68. The number of carbonyl (C=O) groups excluding carboxylic acids is 2. The highest BCUT2D eigenvalue weighted by atomic mass is 16.5. The number of ether oxygens (including phenoxy) is 1. The zero-order valence-corrected chi connectivity index (χ0v) is 12.4. The number of carbonyl (C=O) groups is 2. The molecule has 0 radical (unpaired) electrons. The quantitative estimate of drug-likeness (QED) is 0.626. The van der Waals surface area contributed by atoms with E-state index in [2.05, 4.69) is 0 Å². The summed E-state index contributed by atoms with van der Waals surface area (Å²) in [5.74, 6) is -1.01. The molecule has 3 nitrogen and oxygen atoms in total. The first-order valence-electron chi connectivity index (χ1n) is 7.55. The van der Waals surface area contributed by atoms with E-state index in [1.807, 2.05) is 48.5 Å². The van der Waals surface area contributed by atoms with Crippen LogP contribution in [0.25, 0.3) is 0 Å². The predicted molar refractivity (Wildman–Crippen MR) is 83.6 cm³/mol. The fourth-order valence-electron chi connectivity index (χ4n) is 3.05. The molecule has 1 aliphatic rings. The molecule has 0 amide bonds. The van der Waals surface area contributed by atoms with E-state index in [0.717, 1.165) is 5.56 Å². The fraction of sp³-hybridized carbons (Fsp3) is 0.263. The van der Waals surface area contributed by atoms with Crippen LogP contribution in [0.5, 0.6) is 0 Å². The van der Waals surface area contributed by atoms with Gasteiger partial charge >= 0.3 is 5.97 Å². The Morgan fingerprint density at radius 3 is 2.09 bits per heavy atom. The van der Waals surface area contributed by atoms with Gasteiger partial charge in [-0.05, 0) is 12.5 Å². The van der Waals surface area contributed by atoms with Crippen LogP contribution in [-0.2, 0) is 9.53 Å². The minimum atomic E-state index is -0.366.